The van der Waals surface area contributed by atoms with Crippen molar-refractivity contribution in [3.63, 3.8) is 0 Å². The van der Waals surface area contributed by atoms with E-state index in [1.807, 2.05) is 0 Å². The third-order valence-corrected chi connectivity index (χ3v) is 3.34. The van der Waals surface area contributed by atoms with Crippen LogP contribution in [0.1, 0.15) is 15.9 Å². The lowest BCUT2D eigenvalue weighted by Gasteiger charge is -2.09. The zero-order valence-electron chi connectivity index (χ0n) is 9.54. The first-order valence-electron chi connectivity index (χ1n) is 4.95. The van der Waals surface area contributed by atoms with Crippen LogP contribution in [0.4, 0.5) is 4.39 Å². The van der Waals surface area contributed by atoms with E-state index in [2.05, 4.69) is 5.32 Å². The summed E-state index contributed by atoms with van der Waals surface area (Å²) in [4.78, 5) is 11.7. The highest BCUT2D eigenvalue weighted by Crippen LogP contribution is 2.21. The number of carbonyl (C=O) groups excluding carboxylic acids is 1. The van der Waals surface area contributed by atoms with Gasteiger partial charge in [0.2, 0.25) is 10.0 Å². The highest BCUT2D eigenvalue weighted by molar-refractivity contribution is 7.89. The molecule has 18 heavy (non-hydrogen) atoms. The second kappa shape index (κ2) is 5.64. The van der Waals surface area contributed by atoms with Crippen LogP contribution in [-0.2, 0) is 10.0 Å². The molecule has 3 N–H and O–H groups in total. The van der Waals surface area contributed by atoms with E-state index in [0.29, 0.717) is 0 Å². The molecule has 1 aromatic carbocycles. The summed E-state index contributed by atoms with van der Waals surface area (Å²) in [7, 11) is -3.65. The molecule has 0 aliphatic carbocycles. The van der Waals surface area contributed by atoms with Crippen LogP contribution in [0.15, 0.2) is 12.1 Å². The number of amides is 1. The van der Waals surface area contributed by atoms with Gasteiger partial charge in [0, 0.05) is 6.54 Å². The SMILES string of the molecule is Cc1c(F)ccc(Cl)c1C(=O)NCCS(N)(=O)=O. The minimum absolute atomic E-state index is 0.00825. The molecule has 1 rings (SSSR count). The molecular formula is C10H12ClFN2O3S. The van der Waals surface area contributed by atoms with Crippen LogP contribution in [-0.4, -0.2) is 26.6 Å². The van der Waals surface area contributed by atoms with Gasteiger partial charge in [0.05, 0.1) is 16.3 Å². The van der Waals surface area contributed by atoms with Gasteiger partial charge in [-0.3, -0.25) is 4.79 Å². The molecule has 8 heteroatoms. The van der Waals surface area contributed by atoms with Crippen molar-refractivity contribution in [3.05, 3.63) is 34.1 Å². The molecule has 0 unspecified atom stereocenters. The van der Waals surface area contributed by atoms with E-state index in [0.717, 1.165) is 6.07 Å². The summed E-state index contributed by atoms with van der Waals surface area (Å²) in [6.07, 6.45) is 0. The molecule has 0 aliphatic rings. The number of hydrogen-bond acceptors (Lipinski definition) is 3. The van der Waals surface area contributed by atoms with Crippen molar-refractivity contribution in [3.8, 4) is 0 Å². The lowest BCUT2D eigenvalue weighted by Crippen LogP contribution is -2.32. The van der Waals surface area contributed by atoms with Crippen molar-refractivity contribution in [1.29, 1.82) is 0 Å². The van der Waals surface area contributed by atoms with Crippen LogP contribution in [0.3, 0.4) is 0 Å². The first-order chi connectivity index (χ1) is 8.22. The minimum atomic E-state index is -3.65. The maximum atomic E-state index is 13.3. The molecule has 0 atom stereocenters. The van der Waals surface area contributed by atoms with Gasteiger partial charge in [-0.2, -0.15) is 0 Å². The zero-order valence-corrected chi connectivity index (χ0v) is 11.1. The van der Waals surface area contributed by atoms with E-state index in [-0.39, 0.29) is 22.7 Å². The summed E-state index contributed by atoms with van der Waals surface area (Å²) in [6.45, 7) is 1.25. The van der Waals surface area contributed by atoms with Gasteiger partial charge in [0.15, 0.2) is 0 Å². The Morgan fingerprint density at radius 2 is 2.11 bits per heavy atom. The molecule has 0 saturated heterocycles. The van der Waals surface area contributed by atoms with Crippen molar-refractivity contribution in [1.82, 2.24) is 5.32 Å². The molecule has 1 amide bonds. The smallest absolute Gasteiger partial charge is 0.253 e. The van der Waals surface area contributed by atoms with E-state index in [1.165, 1.54) is 13.0 Å². The van der Waals surface area contributed by atoms with Crippen molar-refractivity contribution in [2.45, 2.75) is 6.92 Å². The molecule has 0 spiro atoms. The van der Waals surface area contributed by atoms with Gasteiger partial charge in [-0.15, -0.1) is 0 Å². The van der Waals surface area contributed by atoms with Gasteiger partial charge in [0.1, 0.15) is 5.82 Å². The number of sulfonamides is 1. The highest BCUT2D eigenvalue weighted by Gasteiger charge is 2.16. The van der Waals surface area contributed by atoms with E-state index >= 15 is 0 Å². The lowest BCUT2D eigenvalue weighted by atomic mass is 10.1. The van der Waals surface area contributed by atoms with Crippen molar-refractivity contribution >= 4 is 27.5 Å². The number of halogens is 2. The third-order valence-electron chi connectivity index (χ3n) is 2.25. The van der Waals surface area contributed by atoms with E-state index in [9.17, 15) is 17.6 Å². The molecule has 0 bridgehead atoms. The fourth-order valence-electron chi connectivity index (χ4n) is 1.33. The Morgan fingerprint density at radius 1 is 1.50 bits per heavy atom. The Kier molecular flexibility index (Phi) is 4.66. The Bertz CT molecular complexity index is 575. The predicted octanol–water partition coefficient (Wildman–Crippen LogP) is 0.806. The molecule has 1 aromatic rings. The largest absolute Gasteiger partial charge is 0.351 e. The topological polar surface area (TPSA) is 89.3 Å². The summed E-state index contributed by atoms with van der Waals surface area (Å²) in [5.74, 6) is -1.60. The highest BCUT2D eigenvalue weighted by atomic mass is 35.5. The zero-order chi connectivity index (χ0) is 13.9. The number of benzene rings is 1. The van der Waals surface area contributed by atoms with Crippen LogP contribution in [0.2, 0.25) is 5.02 Å². The average molecular weight is 295 g/mol. The fraction of sp³-hybridized carbons (Fsp3) is 0.300. The maximum Gasteiger partial charge on any atom is 0.253 e. The molecule has 0 radical (unpaired) electrons. The number of nitrogens with two attached hydrogens (primary N) is 1. The number of nitrogens with one attached hydrogen (secondary N) is 1. The normalized spacial score (nSPS) is 11.3. The maximum absolute atomic E-state index is 13.3. The third kappa shape index (κ3) is 3.94. The van der Waals surface area contributed by atoms with Crippen molar-refractivity contribution in [2.24, 2.45) is 5.14 Å². The Balaban J connectivity index is 2.82. The van der Waals surface area contributed by atoms with Gasteiger partial charge >= 0.3 is 0 Å². The second-order valence-electron chi connectivity index (χ2n) is 3.65. The summed E-state index contributed by atoms with van der Waals surface area (Å²) in [5.41, 5.74) is 0.0988. The van der Waals surface area contributed by atoms with Gasteiger partial charge < -0.3 is 5.32 Å². The molecule has 100 valence electrons. The van der Waals surface area contributed by atoms with Crippen molar-refractivity contribution < 1.29 is 17.6 Å². The Hall–Kier alpha value is -1.18. The van der Waals surface area contributed by atoms with Crippen LogP contribution in [0, 0.1) is 12.7 Å². The van der Waals surface area contributed by atoms with Crippen LogP contribution in [0.25, 0.3) is 0 Å². The van der Waals surface area contributed by atoms with Crippen LogP contribution >= 0.6 is 11.6 Å². The molecule has 0 saturated carbocycles. The summed E-state index contributed by atoms with van der Waals surface area (Å²) < 4.78 is 34.6. The monoisotopic (exact) mass is 294 g/mol. The first-order valence-corrected chi connectivity index (χ1v) is 7.05. The van der Waals surface area contributed by atoms with Gasteiger partial charge in [-0.1, -0.05) is 11.6 Å². The molecule has 0 aliphatic heterocycles. The Morgan fingerprint density at radius 3 is 2.67 bits per heavy atom. The number of hydrogen-bond donors (Lipinski definition) is 2. The second-order valence-corrected chi connectivity index (χ2v) is 5.79. The van der Waals surface area contributed by atoms with E-state index in [1.54, 1.807) is 0 Å². The molecular weight excluding hydrogens is 283 g/mol. The number of primary sulfonamides is 1. The molecule has 0 heterocycles. The number of rotatable bonds is 4. The quantitative estimate of drug-likeness (QED) is 0.861. The van der Waals surface area contributed by atoms with Crippen LogP contribution < -0.4 is 10.5 Å². The Labute approximate surface area is 109 Å². The first kappa shape index (κ1) is 14.9. The van der Waals surface area contributed by atoms with E-state index in [4.69, 9.17) is 16.7 Å². The van der Waals surface area contributed by atoms with Gasteiger partial charge in [-0.25, -0.2) is 17.9 Å². The van der Waals surface area contributed by atoms with Gasteiger partial charge in [-0.05, 0) is 24.6 Å². The molecule has 5 nitrogen and oxygen atoms in total. The fourth-order valence-corrected chi connectivity index (χ4v) is 2.00. The van der Waals surface area contributed by atoms with Gasteiger partial charge in [0.25, 0.3) is 5.91 Å². The van der Waals surface area contributed by atoms with E-state index < -0.39 is 27.5 Å². The number of carbonyl (C=O) groups is 1. The molecule has 0 fully saturated rings. The van der Waals surface area contributed by atoms with Crippen LogP contribution in [0.5, 0.6) is 0 Å². The lowest BCUT2D eigenvalue weighted by molar-refractivity contribution is 0.0955. The predicted molar refractivity (Wildman–Crippen MR) is 66.5 cm³/mol. The minimum Gasteiger partial charge on any atom is -0.351 e. The van der Waals surface area contributed by atoms with Crippen molar-refractivity contribution in [2.75, 3.05) is 12.3 Å². The average Bonchev–Trinajstić information content (AvgIpc) is 2.22. The standard InChI is InChI=1S/C10H12ClFN2O3S/c1-6-8(12)3-2-7(11)9(6)10(15)14-4-5-18(13,16)17/h2-3H,4-5H2,1H3,(H,14,15)(H2,13,16,17). The summed E-state index contributed by atoms with van der Waals surface area (Å²) in [6, 6.07) is 2.41. The molecule has 0 aromatic heterocycles. The summed E-state index contributed by atoms with van der Waals surface area (Å²) >= 11 is 5.79. The summed E-state index contributed by atoms with van der Waals surface area (Å²) in [5, 5.41) is 7.19.